The molecule has 2 aromatic heterocycles. The van der Waals surface area contributed by atoms with E-state index in [1.165, 1.54) is 18.3 Å². The number of anilines is 2. The summed E-state index contributed by atoms with van der Waals surface area (Å²) in [5.41, 5.74) is -0.972. The molecule has 1 aliphatic heterocycles. The van der Waals surface area contributed by atoms with Crippen molar-refractivity contribution in [2.45, 2.75) is 6.18 Å². The topological polar surface area (TPSA) is 45.2 Å². The van der Waals surface area contributed by atoms with Crippen molar-refractivity contribution < 1.29 is 17.6 Å². The van der Waals surface area contributed by atoms with Crippen LogP contribution in [-0.2, 0) is 6.18 Å². The number of hydrogen-bond acceptors (Lipinski definition) is 5. The fraction of sp³-hybridized carbons (Fsp3) is 0.357. The third-order valence-corrected chi connectivity index (χ3v) is 3.53. The maximum Gasteiger partial charge on any atom is 0.433 e. The summed E-state index contributed by atoms with van der Waals surface area (Å²) in [6.45, 7) is 1.62. The van der Waals surface area contributed by atoms with Gasteiger partial charge in [0.05, 0.1) is 0 Å². The molecule has 0 N–H and O–H groups in total. The quantitative estimate of drug-likeness (QED) is 0.793. The Morgan fingerprint density at radius 3 is 2.26 bits per heavy atom. The molecule has 0 bridgehead atoms. The van der Waals surface area contributed by atoms with E-state index in [-0.39, 0.29) is 11.8 Å². The van der Waals surface area contributed by atoms with E-state index in [1.54, 1.807) is 9.80 Å². The van der Waals surface area contributed by atoms with Gasteiger partial charge >= 0.3 is 6.18 Å². The molecule has 9 heteroatoms. The van der Waals surface area contributed by atoms with Gasteiger partial charge in [0.25, 0.3) is 0 Å². The first-order valence-corrected chi connectivity index (χ1v) is 6.96. The fourth-order valence-electron chi connectivity index (χ4n) is 2.39. The van der Waals surface area contributed by atoms with E-state index >= 15 is 0 Å². The molecule has 0 spiro atoms. The number of halogens is 4. The van der Waals surface area contributed by atoms with Crippen molar-refractivity contribution >= 4 is 11.8 Å². The third-order valence-electron chi connectivity index (χ3n) is 3.53. The van der Waals surface area contributed by atoms with Gasteiger partial charge in [-0.15, -0.1) is 0 Å². The van der Waals surface area contributed by atoms with Gasteiger partial charge in [-0.1, -0.05) is 0 Å². The van der Waals surface area contributed by atoms with Crippen molar-refractivity contribution in [1.82, 2.24) is 15.0 Å². The van der Waals surface area contributed by atoms with E-state index in [9.17, 15) is 17.6 Å². The minimum absolute atomic E-state index is 0.0287. The van der Waals surface area contributed by atoms with Crippen molar-refractivity contribution in [1.29, 1.82) is 0 Å². The Bertz CT molecular complexity index is 683. The van der Waals surface area contributed by atoms with Gasteiger partial charge in [-0.25, -0.2) is 19.3 Å². The Balaban J connectivity index is 1.71. The van der Waals surface area contributed by atoms with Crippen LogP contribution in [0, 0.1) is 5.82 Å². The standard InChI is InChI=1S/C14H13F4N5/c15-10-2-1-4-19-12(10)22-6-8-23(9-7-22)13-20-5-3-11(21-13)14(16,17)18/h1-5H,6-9H2. The highest BCUT2D eigenvalue weighted by Crippen LogP contribution is 2.28. The van der Waals surface area contributed by atoms with Crippen LogP contribution in [0.25, 0.3) is 0 Å². The molecule has 122 valence electrons. The number of alkyl halides is 3. The Hall–Kier alpha value is -2.45. The van der Waals surface area contributed by atoms with E-state index in [0.717, 1.165) is 12.3 Å². The molecule has 0 amide bonds. The molecular weight excluding hydrogens is 314 g/mol. The van der Waals surface area contributed by atoms with Gasteiger partial charge in [0.1, 0.15) is 5.69 Å². The summed E-state index contributed by atoms with van der Waals surface area (Å²) in [5.74, 6) is -0.144. The summed E-state index contributed by atoms with van der Waals surface area (Å²) in [6, 6.07) is 3.67. The SMILES string of the molecule is Fc1cccnc1N1CCN(c2nccc(C(F)(F)F)n2)CC1. The number of piperazine rings is 1. The largest absolute Gasteiger partial charge is 0.433 e. The van der Waals surface area contributed by atoms with Crippen LogP contribution < -0.4 is 9.80 Å². The average Bonchev–Trinajstić information content (AvgIpc) is 2.55. The van der Waals surface area contributed by atoms with E-state index in [0.29, 0.717) is 26.2 Å². The Morgan fingerprint density at radius 1 is 0.913 bits per heavy atom. The molecule has 1 fully saturated rings. The maximum atomic E-state index is 13.7. The van der Waals surface area contributed by atoms with E-state index < -0.39 is 17.7 Å². The lowest BCUT2D eigenvalue weighted by Gasteiger charge is -2.35. The first kappa shape index (κ1) is 15.4. The van der Waals surface area contributed by atoms with Crippen LogP contribution in [0.4, 0.5) is 29.3 Å². The zero-order chi connectivity index (χ0) is 16.4. The van der Waals surface area contributed by atoms with Gasteiger partial charge in [-0.05, 0) is 18.2 Å². The molecule has 3 rings (SSSR count). The highest BCUT2D eigenvalue weighted by molar-refractivity contribution is 5.43. The monoisotopic (exact) mass is 327 g/mol. The minimum Gasteiger partial charge on any atom is -0.351 e. The van der Waals surface area contributed by atoms with Gasteiger partial charge in [-0.3, -0.25) is 0 Å². The average molecular weight is 327 g/mol. The lowest BCUT2D eigenvalue weighted by molar-refractivity contribution is -0.141. The van der Waals surface area contributed by atoms with Gasteiger partial charge in [-0.2, -0.15) is 13.2 Å². The molecule has 0 aromatic carbocycles. The van der Waals surface area contributed by atoms with Crippen LogP contribution in [0.15, 0.2) is 30.6 Å². The molecule has 0 unspecified atom stereocenters. The van der Waals surface area contributed by atoms with E-state index in [1.807, 2.05) is 0 Å². The summed E-state index contributed by atoms with van der Waals surface area (Å²) < 4.78 is 51.8. The van der Waals surface area contributed by atoms with Crippen molar-refractivity contribution in [3.8, 4) is 0 Å². The molecule has 1 saturated heterocycles. The van der Waals surface area contributed by atoms with Crippen LogP contribution in [-0.4, -0.2) is 41.1 Å². The smallest absolute Gasteiger partial charge is 0.351 e. The van der Waals surface area contributed by atoms with Crippen LogP contribution in [0.1, 0.15) is 5.69 Å². The second-order valence-electron chi connectivity index (χ2n) is 5.02. The molecule has 23 heavy (non-hydrogen) atoms. The lowest BCUT2D eigenvalue weighted by atomic mass is 10.3. The van der Waals surface area contributed by atoms with Crippen molar-refractivity contribution in [3.63, 3.8) is 0 Å². The van der Waals surface area contributed by atoms with E-state index in [4.69, 9.17) is 0 Å². The summed E-state index contributed by atoms with van der Waals surface area (Å²) in [7, 11) is 0. The number of aromatic nitrogens is 3. The van der Waals surface area contributed by atoms with Gasteiger partial charge in [0, 0.05) is 38.6 Å². The van der Waals surface area contributed by atoms with Crippen LogP contribution in [0.3, 0.4) is 0 Å². The molecule has 1 aliphatic rings. The second-order valence-corrected chi connectivity index (χ2v) is 5.02. The summed E-state index contributed by atoms with van der Waals surface area (Å²) in [5, 5.41) is 0. The van der Waals surface area contributed by atoms with Crippen molar-refractivity contribution in [2.24, 2.45) is 0 Å². The van der Waals surface area contributed by atoms with E-state index in [2.05, 4.69) is 15.0 Å². The Kier molecular flexibility index (Phi) is 4.01. The molecule has 3 heterocycles. The molecule has 5 nitrogen and oxygen atoms in total. The number of nitrogens with zero attached hydrogens (tertiary/aromatic N) is 5. The predicted molar refractivity (Wildman–Crippen MR) is 75.7 cm³/mol. The lowest BCUT2D eigenvalue weighted by Crippen LogP contribution is -2.47. The first-order valence-electron chi connectivity index (χ1n) is 6.96. The van der Waals surface area contributed by atoms with Gasteiger partial charge in [0.2, 0.25) is 5.95 Å². The summed E-state index contributed by atoms with van der Waals surface area (Å²) in [6.07, 6.45) is -1.91. The molecular formula is C14H13F4N5. The maximum absolute atomic E-state index is 13.7. The summed E-state index contributed by atoms with van der Waals surface area (Å²) in [4.78, 5) is 14.9. The van der Waals surface area contributed by atoms with Gasteiger partial charge < -0.3 is 9.80 Å². The molecule has 0 atom stereocenters. The third kappa shape index (κ3) is 3.33. The fourth-order valence-corrected chi connectivity index (χ4v) is 2.39. The molecule has 2 aromatic rings. The van der Waals surface area contributed by atoms with Crippen LogP contribution in [0.2, 0.25) is 0 Å². The normalized spacial score (nSPS) is 15.8. The first-order chi connectivity index (χ1) is 10.9. The molecule has 0 radical (unpaired) electrons. The Morgan fingerprint density at radius 2 is 1.61 bits per heavy atom. The molecule has 0 saturated carbocycles. The predicted octanol–water partition coefficient (Wildman–Crippen LogP) is 2.36. The number of pyridine rings is 1. The zero-order valence-electron chi connectivity index (χ0n) is 12.0. The van der Waals surface area contributed by atoms with Crippen molar-refractivity contribution in [2.75, 3.05) is 36.0 Å². The second kappa shape index (κ2) is 5.98. The van der Waals surface area contributed by atoms with Gasteiger partial charge in [0.15, 0.2) is 11.6 Å². The Labute approximate surface area is 129 Å². The minimum atomic E-state index is -4.50. The highest BCUT2D eigenvalue weighted by Gasteiger charge is 2.33. The number of rotatable bonds is 2. The molecule has 0 aliphatic carbocycles. The zero-order valence-corrected chi connectivity index (χ0v) is 12.0. The van der Waals surface area contributed by atoms with Crippen LogP contribution >= 0.6 is 0 Å². The van der Waals surface area contributed by atoms with Crippen molar-refractivity contribution in [3.05, 3.63) is 42.1 Å². The number of hydrogen-bond donors (Lipinski definition) is 0. The summed E-state index contributed by atoms with van der Waals surface area (Å²) >= 11 is 0. The van der Waals surface area contributed by atoms with Crippen LogP contribution in [0.5, 0.6) is 0 Å². The highest BCUT2D eigenvalue weighted by atomic mass is 19.4.